The van der Waals surface area contributed by atoms with Crippen LogP contribution in [0.2, 0.25) is 0 Å². The number of rotatable bonds is 6. The SMILES string of the molecule is COCCNC(=O)C(=O)NC[C@@H](C)c1ccccc1. The van der Waals surface area contributed by atoms with Gasteiger partial charge in [-0.1, -0.05) is 37.3 Å². The molecule has 0 bridgehead atoms. The maximum absolute atomic E-state index is 11.5. The molecule has 1 atom stereocenters. The summed E-state index contributed by atoms with van der Waals surface area (Å²) in [5, 5.41) is 5.09. The van der Waals surface area contributed by atoms with Gasteiger partial charge in [0.2, 0.25) is 0 Å². The molecule has 2 amide bonds. The Bertz CT molecular complexity index is 406. The molecule has 0 fully saturated rings. The van der Waals surface area contributed by atoms with Crippen LogP contribution >= 0.6 is 0 Å². The van der Waals surface area contributed by atoms with E-state index in [2.05, 4.69) is 10.6 Å². The minimum atomic E-state index is -0.627. The fourth-order valence-electron chi connectivity index (χ4n) is 1.57. The van der Waals surface area contributed by atoms with E-state index in [1.807, 2.05) is 37.3 Å². The highest BCUT2D eigenvalue weighted by Gasteiger charge is 2.14. The maximum atomic E-state index is 11.5. The predicted molar refractivity (Wildman–Crippen MR) is 72.8 cm³/mol. The van der Waals surface area contributed by atoms with Crippen LogP contribution < -0.4 is 10.6 Å². The van der Waals surface area contributed by atoms with E-state index in [-0.39, 0.29) is 5.92 Å². The van der Waals surface area contributed by atoms with Crippen LogP contribution in [0.15, 0.2) is 30.3 Å². The molecular formula is C14H20N2O3. The Morgan fingerprint density at radius 2 is 1.79 bits per heavy atom. The fourth-order valence-corrected chi connectivity index (χ4v) is 1.57. The molecule has 19 heavy (non-hydrogen) atoms. The van der Waals surface area contributed by atoms with Crippen molar-refractivity contribution in [2.75, 3.05) is 26.8 Å². The summed E-state index contributed by atoms with van der Waals surface area (Å²) < 4.78 is 4.78. The van der Waals surface area contributed by atoms with Crippen molar-refractivity contribution in [3.8, 4) is 0 Å². The average Bonchev–Trinajstić information content (AvgIpc) is 2.45. The summed E-state index contributed by atoms with van der Waals surface area (Å²) in [7, 11) is 1.54. The molecule has 0 saturated heterocycles. The monoisotopic (exact) mass is 264 g/mol. The molecule has 0 aliphatic carbocycles. The van der Waals surface area contributed by atoms with Crippen LogP contribution in [-0.4, -0.2) is 38.6 Å². The standard InChI is InChI=1S/C14H20N2O3/c1-11(12-6-4-3-5-7-12)10-16-14(18)13(17)15-8-9-19-2/h3-7,11H,8-10H2,1-2H3,(H,15,17)(H,16,18)/t11-/m1/s1. The zero-order valence-electron chi connectivity index (χ0n) is 11.3. The van der Waals surface area contributed by atoms with Gasteiger partial charge in [-0.3, -0.25) is 9.59 Å². The lowest BCUT2D eigenvalue weighted by Crippen LogP contribution is -2.42. The molecule has 0 aromatic heterocycles. The molecule has 2 N–H and O–H groups in total. The molecule has 1 rings (SSSR count). The number of hydrogen-bond donors (Lipinski definition) is 2. The Labute approximate surface area is 113 Å². The lowest BCUT2D eigenvalue weighted by atomic mass is 10.0. The van der Waals surface area contributed by atoms with Crippen molar-refractivity contribution in [2.24, 2.45) is 0 Å². The van der Waals surface area contributed by atoms with Crippen LogP contribution in [0.1, 0.15) is 18.4 Å². The number of ether oxygens (including phenoxy) is 1. The molecule has 104 valence electrons. The lowest BCUT2D eigenvalue weighted by Gasteiger charge is -2.12. The molecule has 0 aliphatic heterocycles. The molecule has 0 spiro atoms. The first-order valence-electron chi connectivity index (χ1n) is 6.25. The van der Waals surface area contributed by atoms with E-state index in [1.54, 1.807) is 0 Å². The highest BCUT2D eigenvalue weighted by molar-refractivity contribution is 6.35. The van der Waals surface area contributed by atoms with Gasteiger partial charge in [-0.05, 0) is 11.5 Å². The lowest BCUT2D eigenvalue weighted by molar-refractivity contribution is -0.139. The zero-order chi connectivity index (χ0) is 14.1. The molecule has 5 heteroatoms. The highest BCUT2D eigenvalue weighted by atomic mass is 16.5. The van der Waals surface area contributed by atoms with Gasteiger partial charge in [-0.15, -0.1) is 0 Å². The number of methoxy groups -OCH3 is 1. The van der Waals surface area contributed by atoms with Crippen molar-refractivity contribution in [1.82, 2.24) is 10.6 Å². The molecule has 1 aromatic rings. The van der Waals surface area contributed by atoms with Crippen LogP contribution in [0, 0.1) is 0 Å². The van der Waals surface area contributed by atoms with Crippen LogP contribution in [-0.2, 0) is 14.3 Å². The van der Waals surface area contributed by atoms with E-state index in [9.17, 15) is 9.59 Å². The average molecular weight is 264 g/mol. The first-order valence-corrected chi connectivity index (χ1v) is 6.25. The van der Waals surface area contributed by atoms with Crippen LogP contribution in [0.3, 0.4) is 0 Å². The van der Waals surface area contributed by atoms with E-state index in [1.165, 1.54) is 7.11 Å². The Morgan fingerprint density at radius 3 is 2.42 bits per heavy atom. The van der Waals surface area contributed by atoms with Gasteiger partial charge < -0.3 is 15.4 Å². The number of carbonyl (C=O) groups is 2. The second-order valence-corrected chi connectivity index (χ2v) is 4.27. The van der Waals surface area contributed by atoms with Crippen molar-refractivity contribution < 1.29 is 14.3 Å². The summed E-state index contributed by atoms with van der Waals surface area (Å²) in [6.07, 6.45) is 0. The first kappa shape index (κ1) is 15.2. The summed E-state index contributed by atoms with van der Waals surface area (Å²) in [6, 6.07) is 9.83. The number of benzene rings is 1. The molecule has 0 unspecified atom stereocenters. The van der Waals surface area contributed by atoms with E-state index in [0.717, 1.165) is 5.56 Å². The van der Waals surface area contributed by atoms with E-state index in [4.69, 9.17) is 4.74 Å². The fraction of sp³-hybridized carbons (Fsp3) is 0.429. The van der Waals surface area contributed by atoms with Crippen molar-refractivity contribution in [2.45, 2.75) is 12.8 Å². The molecular weight excluding hydrogens is 244 g/mol. The largest absolute Gasteiger partial charge is 0.383 e. The Balaban J connectivity index is 2.31. The minimum absolute atomic E-state index is 0.164. The van der Waals surface area contributed by atoms with Gasteiger partial charge in [-0.2, -0.15) is 0 Å². The summed E-state index contributed by atoms with van der Waals surface area (Å²) in [6.45, 7) is 3.15. The Morgan fingerprint density at radius 1 is 1.16 bits per heavy atom. The second-order valence-electron chi connectivity index (χ2n) is 4.27. The van der Waals surface area contributed by atoms with Crippen LogP contribution in [0.4, 0.5) is 0 Å². The topological polar surface area (TPSA) is 67.4 Å². The third-order valence-electron chi connectivity index (χ3n) is 2.74. The highest BCUT2D eigenvalue weighted by Crippen LogP contribution is 2.12. The molecule has 5 nitrogen and oxygen atoms in total. The van der Waals surface area contributed by atoms with E-state index < -0.39 is 11.8 Å². The maximum Gasteiger partial charge on any atom is 0.309 e. The predicted octanol–water partition coefficient (Wildman–Crippen LogP) is 0.669. The molecule has 1 aromatic carbocycles. The minimum Gasteiger partial charge on any atom is -0.383 e. The Kier molecular flexibility index (Phi) is 6.60. The molecule has 0 radical (unpaired) electrons. The number of hydrogen-bond acceptors (Lipinski definition) is 3. The van der Waals surface area contributed by atoms with Crippen molar-refractivity contribution in [3.63, 3.8) is 0 Å². The van der Waals surface area contributed by atoms with Crippen LogP contribution in [0.5, 0.6) is 0 Å². The number of nitrogens with one attached hydrogen (secondary N) is 2. The van der Waals surface area contributed by atoms with E-state index >= 15 is 0 Å². The first-order chi connectivity index (χ1) is 9.15. The van der Waals surface area contributed by atoms with Gasteiger partial charge in [0.05, 0.1) is 6.61 Å². The smallest absolute Gasteiger partial charge is 0.309 e. The second kappa shape index (κ2) is 8.26. The summed E-state index contributed by atoms with van der Waals surface area (Å²) in [4.78, 5) is 22.9. The van der Waals surface area contributed by atoms with Gasteiger partial charge in [0.25, 0.3) is 0 Å². The van der Waals surface area contributed by atoms with Gasteiger partial charge >= 0.3 is 11.8 Å². The quantitative estimate of drug-likeness (QED) is 0.586. The van der Waals surface area contributed by atoms with Crippen molar-refractivity contribution in [3.05, 3.63) is 35.9 Å². The third-order valence-corrected chi connectivity index (χ3v) is 2.74. The zero-order valence-corrected chi connectivity index (χ0v) is 11.3. The molecule has 0 heterocycles. The third kappa shape index (κ3) is 5.52. The van der Waals surface area contributed by atoms with Gasteiger partial charge in [-0.25, -0.2) is 0 Å². The summed E-state index contributed by atoms with van der Waals surface area (Å²) >= 11 is 0. The van der Waals surface area contributed by atoms with Gasteiger partial charge in [0, 0.05) is 20.2 Å². The number of amides is 2. The Hall–Kier alpha value is -1.88. The molecule has 0 saturated carbocycles. The number of carbonyl (C=O) groups excluding carboxylic acids is 2. The van der Waals surface area contributed by atoms with Gasteiger partial charge in [0.15, 0.2) is 0 Å². The normalized spacial score (nSPS) is 11.7. The summed E-state index contributed by atoms with van der Waals surface area (Å²) in [5.74, 6) is -1.08. The van der Waals surface area contributed by atoms with Crippen LogP contribution in [0.25, 0.3) is 0 Å². The van der Waals surface area contributed by atoms with E-state index in [0.29, 0.717) is 19.7 Å². The van der Waals surface area contributed by atoms with Crippen molar-refractivity contribution >= 4 is 11.8 Å². The van der Waals surface area contributed by atoms with Gasteiger partial charge in [0.1, 0.15) is 0 Å². The van der Waals surface area contributed by atoms with Crippen molar-refractivity contribution in [1.29, 1.82) is 0 Å². The molecule has 0 aliphatic rings. The summed E-state index contributed by atoms with van der Waals surface area (Å²) in [5.41, 5.74) is 1.13.